The lowest BCUT2D eigenvalue weighted by Gasteiger charge is -2.46. The number of H-pyrrole nitrogens is 1. The highest BCUT2D eigenvalue weighted by molar-refractivity contribution is 5.91. The lowest BCUT2D eigenvalue weighted by atomic mass is 9.74. The summed E-state index contributed by atoms with van der Waals surface area (Å²) in [6.45, 7) is 6.86. The third-order valence-corrected chi connectivity index (χ3v) is 6.49. The second-order valence-electron chi connectivity index (χ2n) is 7.77. The Morgan fingerprint density at radius 3 is 2.92 bits per heavy atom. The van der Waals surface area contributed by atoms with Crippen molar-refractivity contribution in [3.8, 4) is 5.75 Å². The second-order valence-corrected chi connectivity index (χ2v) is 7.77. The predicted octanol–water partition coefficient (Wildman–Crippen LogP) is 4.67. The summed E-state index contributed by atoms with van der Waals surface area (Å²) in [7, 11) is 3.52. The van der Waals surface area contributed by atoms with Gasteiger partial charge in [0, 0.05) is 29.7 Å². The van der Waals surface area contributed by atoms with Crippen molar-refractivity contribution in [1.82, 2.24) is 9.88 Å². The molecule has 0 unspecified atom stereocenters. The van der Waals surface area contributed by atoms with Crippen LogP contribution in [-0.2, 0) is 11.2 Å². The smallest absolute Gasteiger partial charge is 0.128 e. The highest BCUT2D eigenvalue weighted by Crippen LogP contribution is 2.46. The summed E-state index contributed by atoms with van der Waals surface area (Å²) in [5.41, 5.74) is 5.44. The molecule has 26 heavy (non-hydrogen) atoms. The van der Waals surface area contributed by atoms with Crippen LogP contribution in [0.4, 0.5) is 0 Å². The van der Waals surface area contributed by atoms with Crippen LogP contribution < -0.4 is 4.74 Å². The molecule has 4 heteroatoms. The number of piperidine rings is 1. The van der Waals surface area contributed by atoms with Crippen molar-refractivity contribution >= 4 is 10.9 Å². The molecule has 2 aliphatic heterocycles. The number of nitrogens with zero attached hydrogens (tertiary/aromatic N) is 1. The Hall–Kier alpha value is -1.94. The number of fused-ring (bicyclic) bond motifs is 5. The fourth-order valence-corrected chi connectivity index (χ4v) is 5.20. The Kier molecular flexibility index (Phi) is 4.70. The van der Waals surface area contributed by atoms with Gasteiger partial charge in [0.2, 0.25) is 0 Å². The molecule has 0 bridgehead atoms. The van der Waals surface area contributed by atoms with E-state index in [4.69, 9.17) is 9.47 Å². The fraction of sp³-hybridized carbons (Fsp3) is 0.545. The summed E-state index contributed by atoms with van der Waals surface area (Å²) in [4.78, 5) is 6.43. The molecular weight excluding hydrogens is 324 g/mol. The normalized spacial score (nSPS) is 26.5. The van der Waals surface area contributed by atoms with Gasteiger partial charge >= 0.3 is 0 Å². The number of rotatable bonds is 4. The van der Waals surface area contributed by atoms with Crippen LogP contribution in [-0.4, -0.2) is 37.2 Å². The van der Waals surface area contributed by atoms with Gasteiger partial charge in [-0.3, -0.25) is 4.90 Å². The first kappa shape index (κ1) is 17.5. The van der Waals surface area contributed by atoms with E-state index >= 15 is 0 Å². The Bertz CT molecular complexity index is 823. The minimum atomic E-state index is 0.462. The number of nitrogens with one attached hydrogen (secondary N) is 1. The molecule has 3 heterocycles. The highest BCUT2D eigenvalue weighted by Gasteiger charge is 2.40. The molecule has 2 aliphatic rings. The van der Waals surface area contributed by atoms with E-state index in [2.05, 4.69) is 41.9 Å². The van der Waals surface area contributed by atoms with E-state index in [0.29, 0.717) is 17.9 Å². The summed E-state index contributed by atoms with van der Waals surface area (Å²) in [5.74, 6) is 2.28. The maximum absolute atomic E-state index is 5.65. The first-order valence-corrected chi connectivity index (χ1v) is 9.78. The van der Waals surface area contributed by atoms with E-state index in [1.165, 1.54) is 40.7 Å². The van der Waals surface area contributed by atoms with Gasteiger partial charge < -0.3 is 14.5 Å². The third-order valence-electron chi connectivity index (χ3n) is 6.49. The van der Waals surface area contributed by atoms with Crippen LogP contribution in [0.15, 0.2) is 30.0 Å². The molecule has 1 saturated heterocycles. The number of allylic oxidation sites excluding steroid dienone is 1. The summed E-state index contributed by atoms with van der Waals surface area (Å²) < 4.78 is 11.0. The van der Waals surface area contributed by atoms with E-state index in [-0.39, 0.29) is 0 Å². The van der Waals surface area contributed by atoms with Gasteiger partial charge in [0.15, 0.2) is 0 Å². The van der Waals surface area contributed by atoms with Gasteiger partial charge in [-0.15, -0.1) is 0 Å². The first-order valence-electron chi connectivity index (χ1n) is 9.78. The summed E-state index contributed by atoms with van der Waals surface area (Å²) in [6.07, 6.45) is 5.42. The van der Waals surface area contributed by atoms with Crippen LogP contribution in [0.25, 0.3) is 10.9 Å². The molecule has 0 aliphatic carbocycles. The van der Waals surface area contributed by atoms with Gasteiger partial charge in [-0.25, -0.2) is 0 Å². The molecule has 1 N–H and O–H groups in total. The molecule has 140 valence electrons. The predicted molar refractivity (Wildman–Crippen MR) is 106 cm³/mol. The molecule has 4 rings (SSSR count). The molecule has 2 aromatic rings. The maximum Gasteiger partial charge on any atom is 0.128 e. The van der Waals surface area contributed by atoms with Crippen LogP contribution in [0.3, 0.4) is 0 Å². The van der Waals surface area contributed by atoms with Crippen LogP contribution in [0.1, 0.15) is 44.0 Å². The fourth-order valence-electron chi connectivity index (χ4n) is 5.20. The largest absolute Gasteiger partial charge is 0.504 e. The van der Waals surface area contributed by atoms with E-state index < -0.39 is 0 Å². The molecule has 1 fully saturated rings. The Balaban J connectivity index is 1.75. The lowest BCUT2D eigenvalue weighted by molar-refractivity contribution is 0.0625. The number of benzene rings is 1. The molecule has 0 amide bonds. The molecule has 3 atom stereocenters. The second kappa shape index (κ2) is 6.99. The maximum atomic E-state index is 5.65. The van der Waals surface area contributed by atoms with Crippen molar-refractivity contribution < 1.29 is 9.47 Å². The number of hydrogen-bond donors (Lipinski definition) is 1. The topological polar surface area (TPSA) is 37.5 Å². The van der Waals surface area contributed by atoms with E-state index in [9.17, 15) is 0 Å². The lowest BCUT2D eigenvalue weighted by Crippen LogP contribution is -2.46. The molecule has 1 aromatic carbocycles. The number of ether oxygens (including phenoxy) is 2. The van der Waals surface area contributed by atoms with Gasteiger partial charge in [-0.2, -0.15) is 0 Å². The van der Waals surface area contributed by atoms with Crippen LogP contribution in [0.2, 0.25) is 0 Å². The van der Waals surface area contributed by atoms with Gasteiger partial charge in [0.05, 0.1) is 26.5 Å². The van der Waals surface area contributed by atoms with E-state index in [1.54, 1.807) is 14.2 Å². The van der Waals surface area contributed by atoms with Crippen molar-refractivity contribution in [2.24, 2.45) is 11.8 Å². The number of hydrogen-bond acceptors (Lipinski definition) is 3. The number of aromatic amines is 1. The zero-order valence-corrected chi connectivity index (χ0v) is 16.3. The summed E-state index contributed by atoms with van der Waals surface area (Å²) in [5, 5.41) is 1.28. The van der Waals surface area contributed by atoms with Gasteiger partial charge in [0.25, 0.3) is 0 Å². The SMILES string of the molecule is CC[C@H]1CN2CCc3c([nH]c4cccc(OC)c34)[C@@H]2C[C@@H]1/C(C)=C\OC. The van der Waals surface area contributed by atoms with Crippen molar-refractivity contribution in [3.63, 3.8) is 0 Å². The molecule has 4 nitrogen and oxygen atoms in total. The van der Waals surface area contributed by atoms with Crippen molar-refractivity contribution in [3.05, 3.63) is 41.3 Å². The zero-order chi connectivity index (χ0) is 18.3. The van der Waals surface area contributed by atoms with E-state index in [0.717, 1.165) is 25.1 Å². The Morgan fingerprint density at radius 1 is 1.35 bits per heavy atom. The minimum Gasteiger partial charge on any atom is -0.504 e. The van der Waals surface area contributed by atoms with Gasteiger partial charge in [-0.1, -0.05) is 19.4 Å². The van der Waals surface area contributed by atoms with Crippen LogP contribution >= 0.6 is 0 Å². The Labute approximate surface area is 156 Å². The third kappa shape index (κ3) is 2.71. The average Bonchev–Trinajstić information content (AvgIpc) is 3.06. The molecular formula is C22H30N2O2. The van der Waals surface area contributed by atoms with Crippen molar-refractivity contribution in [2.45, 2.75) is 39.2 Å². The summed E-state index contributed by atoms with van der Waals surface area (Å²) >= 11 is 0. The molecule has 0 radical (unpaired) electrons. The number of methoxy groups -OCH3 is 2. The highest BCUT2D eigenvalue weighted by atomic mass is 16.5. The molecule has 0 saturated carbocycles. The Morgan fingerprint density at radius 2 is 2.19 bits per heavy atom. The van der Waals surface area contributed by atoms with Crippen molar-refractivity contribution in [1.29, 1.82) is 0 Å². The zero-order valence-electron chi connectivity index (χ0n) is 16.3. The van der Waals surface area contributed by atoms with Crippen LogP contribution in [0, 0.1) is 11.8 Å². The molecule has 1 aromatic heterocycles. The van der Waals surface area contributed by atoms with Crippen molar-refractivity contribution in [2.75, 3.05) is 27.3 Å². The number of aromatic nitrogens is 1. The van der Waals surface area contributed by atoms with Crippen LogP contribution in [0.5, 0.6) is 5.75 Å². The van der Waals surface area contributed by atoms with Gasteiger partial charge in [-0.05, 0) is 54.9 Å². The molecule has 0 spiro atoms. The first-order chi connectivity index (χ1) is 12.7. The summed E-state index contributed by atoms with van der Waals surface area (Å²) in [6, 6.07) is 6.78. The average molecular weight is 354 g/mol. The quantitative estimate of drug-likeness (QED) is 0.811. The minimum absolute atomic E-state index is 0.462. The standard InChI is InChI=1S/C22H30N2O2/c1-5-15-12-24-10-9-16-21-18(7-6-8-20(21)26-4)23-22(16)19(24)11-17(15)14(2)13-25-3/h6-8,13,15,17,19,23H,5,9-12H2,1-4H3/b14-13-/t15-,17+,19-/m0/s1. The van der Waals surface area contributed by atoms with Gasteiger partial charge in [0.1, 0.15) is 5.75 Å². The van der Waals surface area contributed by atoms with E-state index in [1.807, 2.05) is 6.26 Å². The monoisotopic (exact) mass is 354 g/mol.